The molecule has 0 aliphatic rings. The van der Waals surface area contributed by atoms with Crippen molar-refractivity contribution in [3.05, 3.63) is 29.3 Å². The van der Waals surface area contributed by atoms with Gasteiger partial charge in [-0.05, 0) is 54.4 Å². The number of benzene rings is 1. The van der Waals surface area contributed by atoms with Crippen LogP contribution in [0.3, 0.4) is 0 Å². The van der Waals surface area contributed by atoms with Crippen LogP contribution in [0.2, 0.25) is 0 Å². The van der Waals surface area contributed by atoms with E-state index in [2.05, 4.69) is 20.8 Å². The van der Waals surface area contributed by atoms with E-state index in [4.69, 9.17) is 4.55 Å². The Morgan fingerprint density at radius 2 is 1.58 bits per heavy atom. The smallest absolute Gasteiger partial charge is 0.282 e. The molecule has 108 valence electrons. The summed E-state index contributed by atoms with van der Waals surface area (Å²) in [5.41, 5.74) is 2.33. The molecular weight excluding hydrogens is 260 g/mol. The van der Waals surface area contributed by atoms with E-state index in [9.17, 15) is 8.42 Å². The maximum Gasteiger partial charge on any atom is 0.294 e. The number of aryl methyl sites for hydroxylation is 1. The second-order valence-corrected chi connectivity index (χ2v) is 6.41. The fourth-order valence-electron chi connectivity index (χ4n) is 2.86. The lowest BCUT2D eigenvalue weighted by atomic mass is 9.72. The third kappa shape index (κ3) is 3.18. The first-order valence-electron chi connectivity index (χ1n) is 6.95. The summed E-state index contributed by atoms with van der Waals surface area (Å²) in [6.07, 6.45) is 3.84. The van der Waals surface area contributed by atoms with Crippen LogP contribution in [0.25, 0.3) is 0 Å². The first-order valence-corrected chi connectivity index (χ1v) is 8.39. The zero-order valence-electron chi connectivity index (χ0n) is 12.2. The van der Waals surface area contributed by atoms with Gasteiger partial charge in [-0.15, -0.1) is 0 Å². The van der Waals surface area contributed by atoms with Crippen LogP contribution < -0.4 is 0 Å². The van der Waals surface area contributed by atoms with E-state index in [0.29, 0.717) is 0 Å². The zero-order chi connectivity index (χ0) is 14.7. The highest BCUT2D eigenvalue weighted by Gasteiger charge is 2.29. The Balaban J connectivity index is 3.46. The molecule has 0 amide bonds. The van der Waals surface area contributed by atoms with Gasteiger partial charge in [-0.3, -0.25) is 4.55 Å². The van der Waals surface area contributed by atoms with Crippen LogP contribution in [0.5, 0.6) is 0 Å². The van der Waals surface area contributed by atoms with E-state index in [1.807, 2.05) is 13.0 Å². The van der Waals surface area contributed by atoms with Gasteiger partial charge in [-0.2, -0.15) is 8.42 Å². The molecule has 0 saturated carbocycles. The van der Waals surface area contributed by atoms with Crippen molar-refractivity contribution in [1.82, 2.24) is 0 Å². The molecule has 0 heterocycles. The minimum absolute atomic E-state index is 0.00897. The Morgan fingerprint density at radius 1 is 1.05 bits per heavy atom. The molecule has 0 atom stereocenters. The minimum Gasteiger partial charge on any atom is -0.282 e. The molecule has 1 aromatic rings. The van der Waals surface area contributed by atoms with Gasteiger partial charge in [0, 0.05) is 0 Å². The standard InChI is InChI=1S/C15H24O3S/c1-5-12-11-13(19(16,17)18)9-10-14(12)15(6-2,7-3)8-4/h9-11H,5-8H2,1-4H3,(H,16,17,18). The highest BCUT2D eigenvalue weighted by Crippen LogP contribution is 2.37. The lowest BCUT2D eigenvalue weighted by Crippen LogP contribution is -2.25. The van der Waals surface area contributed by atoms with Crippen LogP contribution in [-0.2, 0) is 22.0 Å². The average Bonchev–Trinajstić information content (AvgIpc) is 2.40. The molecule has 0 aliphatic heterocycles. The molecule has 3 nitrogen and oxygen atoms in total. The van der Waals surface area contributed by atoms with Gasteiger partial charge in [0.2, 0.25) is 0 Å². The molecule has 0 fully saturated rings. The molecule has 0 spiro atoms. The topological polar surface area (TPSA) is 54.4 Å². The van der Waals surface area contributed by atoms with Crippen molar-refractivity contribution in [2.75, 3.05) is 0 Å². The third-order valence-electron chi connectivity index (χ3n) is 4.36. The van der Waals surface area contributed by atoms with Crippen molar-refractivity contribution in [1.29, 1.82) is 0 Å². The van der Waals surface area contributed by atoms with E-state index in [-0.39, 0.29) is 10.3 Å². The number of hydrogen-bond donors (Lipinski definition) is 1. The molecule has 1 N–H and O–H groups in total. The highest BCUT2D eigenvalue weighted by molar-refractivity contribution is 7.85. The van der Waals surface area contributed by atoms with Gasteiger partial charge in [0.05, 0.1) is 4.90 Å². The summed E-state index contributed by atoms with van der Waals surface area (Å²) in [6, 6.07) is 5.00. The van der Waals surface area contributed by atoms with E-state index < -0.39 is 10.1 Å². The van der Waals surface area contributed by atoms with E-state index in [1.165, 1.54) is 11.6 Å². The fourth-order valence-corrected chi connectivity index (χ4v) is 3.39. The quantitative estimate of drug-likeness (QED) is 0.804. The molecule has 1 rings (SSSR count). The lowest BCUT2D eigenvalue weighted by Gasteiger charge is -2.33. The monoisotopic (exact) mass is 284 g/mol. The third-order valence-corrected chi connectivity index (χ3v) is 5.21. The average molecular weight is 284 g/mol. The SMILES string of the molecule is CCc1cc(S(=O)(=O)O)ccc1C(CC)(CC)CC. The van der Waals surface area contributed by atoms with Crippen molar-refractivity contribution >= 4 is 10.1 Å². The van der Waals surface area contributed by atoms with Crippen molar-refractivity contribution < 1.29 is 13.0 Å². The molecule has 0 aliphatic carbocycles. The van der Waals surface area contributed by atoms with Gasteiger partial charge in [-0.1, -0.05) is 33.8 Å². The summed E-state index contributed by atoms with van der Waals surface area (Å²) in [7, 11) is -4.12. The molecule has 0 bridgehead atoms. The van der Waals surface area contributed by atoms with Gasteiger partial charge in [0.1, 0.15) is 0 Å². The Kier molecular flexibility index (Phi) is 5.16. The summed E-state index contributed by atoms with van der Waals surface area (Å²) in [6.45, 7) is 8.52. The van der Waals surface area contributed by atoms with Crippen molar-refractivity contribution in [2.45, 2.75) is 63.7 Å². The maximum atomic E-state index is 11.2. The van der Waals surface area contributed by atoms with Crippen molar-refractivity contribution in [3.8, 4) is 0 Å². The molecule has 4 heteroatoms. The Bertz CT molecular complexity index is 520. The normalized spacial score (nSPS) is 12.7. The number of hydrogen-bond acceptors (Lipinski definition) is 2. The van der Waals surface area contributed by atoms with Crippen LogP contribution in [0, 0.1) is 0 Å². The number of rotatable bonds is 6. The predicted molar refractivity (Wildman–Crippen MR) is 78.2 cm³/mol. The molecule has 19 heavy (non-hydrogen) atoms. The summed E-state index contributed by atoms with van der Waals surface area (Å²) in [5, 5.41) is 0. The van der Waals surface area contributed by atoms with Gasteiger partial charge in [0.25, 0.3) is 10.1 Å². The molecule has 0 aromatic heterocycles. The summed E-state index contributed by atoms with van der Waals surface area (Å²) < 4.78 is 31.6. The summed E-state index contributed by atoms with van der Waals surface area (Å²) in [5.74, 6) is 0. The van der Waals surface area contributed by atoms with E-state index in [1.54, 1.807) is 6.07 Å². The van der Waals surface area contributed by atoms with E-state index in [0.717, 1.165) is 31.2 Å². The Morgan fingerprint density at radius 3 is 1.95 bits per heavy atom. The van der Waals surface area contributed by atoms with Crippen molar-refractivity contribution in [2.24, 2.45) is 0 Å². The zero-order valence-corrected chi connectivity index (χ0v) is 13.0. The van der Waals surface area contributed by atoms with Gasteiger partial charge < -0.3 is 0 Å². The largest absolute Gasteiger partial charge is 0.294 e. The van der Waals surface area contributed by atoms with Crippen LogP contribution in [0.4, 0.5) is 0 Å². The van der Waals surface area contributed by atoms with Gasteiger partial charge in [0.15, 0.2) is 0 Å². The Labute approximate surface area is 116 Å². The Hall–Kier alpha value is -0.870. The van der Waals surface area contributed by atoms with Gasteiger partial charge in [-0.25, -0.2) is 0 Å². The predicted octanol–water partition coefficient (Wildman–Crippen LogP) is 3.96. The summed E-state index contributed by atoms with van der Waals surface area (Å²) in [4.78, 5) is -0.00897. The highest BCUT2D eigenvalue weighted by atomic mass is 32.2. The minimum atomic E-state index is -4.12. The van der Waals surface area contributed by atoms with Crippen LogP contribution >= 0.6 is 0 Å². The molecular formula is C15H24O3S. The molecule has 0 unspecified atom stereocenters. The molecule has 1 aromatic carbocycles. The maximum absolute atomic E-state index is 11.2. The van der Waals surface area contributed by atoms with Gasteiger partial charge >= 0.3 is 0 Å². The van der Waals surface area contributed by atoms with Crippen molar-refractivity contribution in [3.63, 3.8) is 0 Å². The molecule has 0 radical (unpaired) electrons. The first kappa shape index (κ1) is 16.2. The first-order chi connectivity index (χ1) is 8.84. The second-order valence-electron chi connectivity index (χ2n) is 4.99. The molecule has 0 saturated heterocycles. The fraction of sp³-hybridized carbons (Fsp3) is 0.600. The van der Waals surface area contributed by atoms with Crippen LogP contribution in [0.15, 0.2) is 23.1 Å². The van der Waals surface area contributed by atoms with Crippen LogP contribution in [0.1, 0.15) is 58.1 Å². The summed E-state index contributed by atoms with van der Waals surface area (Å²) >= 11 is 0. The second kappa shape index (κ2) is 6.06. The lowest BCUT2D eigenvalue weighted by molar-refractivity contribution is 0.378. The van der Waals surface area contributed by atoms with E-state index >= 15 is 0 Å². The van der Waals surface area contributed by atoms with Crippen LogP contribution in [-0.4, -0.2) is 13.0 Å².